The fourth-order valence-electron chi connectivity index (χ4n) is 3.39. The molecule has 29 heavy (non-hydrogen) atoms. The van der Waals surface area contributed by atoms with Gasteiger partial charge in [-0.1, -0.05) is 25.4 Å². The first-order valence-corrected chi connectivity index (χ1v) is 10.2. The summed E-state index contributed by atoms with van der Waals surface area (Å²) in [5.41, 5.74) is 2.57. The molecule has 0 bridgehead atoms. The van der Waals surface area contributed by atoms with Crippen molar-refractivity contribution < 1.29 is 14.3 Å². The van der Waals surface area contributed by atoms with Crippen molar-refractivity contribution in [3.63, 3.8) is 0 Å². The van der Waals surface area contributed by atoms with Crippen molar-refractivity contribution in [1.29, 1.82) is 0 Å². The summed E-state index contributed by atoms with van der Waals surface area (Å²) in [6, 6.07) is 4.29. The molecule has 0 saturated carbocycles. The van der Waals surface area contributed by atoms with Crippen molar-refractivity contribution >= 4 is 23.2 Å². The highest BCUT2D eigenvalue weighted by Gasteiger charge is 2.24. The molecule has 1 amide bonds. The third-order valence-electron chi connectivity index (χ3n) is 4.90. The Morgan fingerprint density at radius 2 is 2.21 bits per heavy atom. The lowest BCUT2D eigenvalue weighted by Crippen LogP contribution is -2.44. The Morgan fingerprint density at radius 3 is 2.90 bits per heavy atom. The number of aliphatic hydroxyl groups is 1. The molecule has 0 radical (unpaired) electrons. The predicted molar refractivity (Wildman–Crippen MR) is 110 cm³/mol. The lowest BCUT2D eigenvalue weighted by Gasteiger charge is -2.31. The van der Waals surface area contributed by atoms with Crippen LogP contribution in [0.25, 0.3) is 0 Å². The summed E-state index contributed by atoms with van der Waals surface area (Å²) in [5.74, 6) is 0.670. The van der Waals surface area contributed by atoms with Crippen molar-refractivity contribution in [2.24, 2.45) is 5.92 Å². The lowest BCUT2D eigenvalue weighted by molar-refractivity contribution is -0.130. The van der Waals surface area contributed by atoms with Crippen LogP contribution >= 0.6 is 11.6 Å². The van der Waals surface area contributed by atoms with Crippen molar-refractivity contribution in [3.05, 3.63) is 52.3 Å². The highest BCUT2D eigenvalue weighted by atomic mass is 35.5. The number of nitrogens with zero attached hydrogens (tertiary/aromatic N) is 4. The summed E-state index contributed by atoms with van der Waals surface area (Å²) >= 11 is 5.88. The third-order valence-corrected chi connectivity index (χ3v) is 5.19. The van der Waals surface area contributed by atoms with Gasteiger partial charge >= 0.3 is 0 Å². The number of carbonyl (C=O) groups excluding carboxylic acids is 1. The Balaban J connectivity index is 1.71. The normalized spacial score (nSPS) is 13.5. The van der Waals surface area contributed by atoms with E-state index in [2.05, 4.69) is 23.8 Å². The second kappa shape index (κ2) is 9.50. The maximum atomic E-state index is 13.5. The van der Waals surface area contributed by atoms with Crippen LogP contribution in [-0.4, -0.2) is 52.1 Å². The van der Waals surface area contributed by atoms with Gasteiger partial charge in [-0.3, -0.25) is 4.79 Å². The molecule has 0 saturated heterocycles. The number of hydrogen-bond acceptors (Lipinski definition) is 5. The summed E-state index contributed by atoms with van der Waals surface area (Å²) < 4.78 is 13.5. The van der Waals surface area contributed by atoms with E-state index < -0.39 is 5.82 Å². The summed E-state index contributed by atoms with van der Waals surface area (Å²) in [6.07, 6.45) is 3.39. The topological polar surface area (TPSA) is 69.6 Å². The van der Waals surface area contributed by atoms with Crippen LogP contribution in [0.4, 0.5) is 10.1 Å². The molecule has 2 heterocycles. The van der Waals surface area contributed by atoms with Crippen LogP contribution < -0.4 is 4.90 Å². The minimum absolute atomic E-state index is 0.0147. The first-order chi connectivity index (χ1) is 13.9. The zero-order chi connectivity index (χ0) is 21.0. The van der Waals surface area contributed by atoms with Gasteiger partial charge in [-0.05, 0) is 36.1 Å². The van der Waals surface area contributed by atoms with Crippen molar-refractivity contribution in [2.75, 3.05) is 31.1 Å². The van der Waals surface area contributed by atoms with Gasteiger partial charge in [-0.15, -0.1) is 0 Å². The molecule has 0 aliphatic carbocycles. The van der Waals surface area contributed by atoms with Crippen LogP contribution in [0.1, 0.15) is 30.9 Å². The molecule has 0 unspecified atom stereocenters. The molecule has 156 valence electrons. The largest absolute Gasteiger partial charge is 0.395 e. The van der Waals surface area contributed by atoms with Gasteiger partial charge in [0.1, 0.15) is 11.6 Å². The fourth-order valence-corrected chi connectivity index (χ4v) is 3.56. The van der Waals surface area contributed by atoms with Gasteiger partial charge < -0.3 is 14.9 Å². The number of aromatic nitrogens is 2. The zero-order valence-electron chi connectivity index (χ0n) is 16.7. The Bertz CT molecular complexity index is 878. The quantitative estimate of drug-likeness (QED) is 0.745. The van der Waals surface area contributed by atoms with Gasteiger partial charge in [0.15, 0.2) is 0 Å². The second-order valence-electron chi connectivity index (χ2n) is 7.67. The van der Waals surface area contributed by atoms with E-state index in [9.17, 15) is 14.3 Å². The molecule has 6 nitrogen and oxygen atoms in total. The zero-order valence-corrected chi connectivity index (χ0v) is 17.5. The number of fused-ring (bicyclic) bond motifs is 1. The number of hydrogen-bond donors (Lipinski definition) is 1. The van der Waals surface area contributed by atoms with E-state index in [-0.39, 0.29) is 30.6 Å². The fraction of sp³-hybridized carbons (Fsp3) is 0.476. The monoisotopic (exact) mass is 420 g/mol. The average molecular weight is 421 g/mol. The molecular formula is C21H26ClFN4O2. The van der Waals surface area contributed by atoms with Crippen molar-refractivity contribution in [2.45, 2.75) is 33.2 Å². The van der Waals surface area contributed by atoms with Gasteiger partial charge in [0, 0.05) is 31.4 Å². The average Bonchev–Trinajstić information content (AvgIpc) is 2.68. The third kappa shape index (κ3) is 5.42. The number of carbonyl (C=O) groups is 1. The number of amides is 1. The van der Waals surface area contributed by atoms with Crippen LogP contribution in [0.15, 0.2) is 24.4 Å². The molecule has 0 atom stereocenters. The van der Waals surface area contributed by atoms with Crippen LogP contribution in [0.5, 0.6) is 0 Å². The molecule has 8 heteroatoms. The highest BCUT2D eigenvalue weighted by Crippen LogP contribution is 2.23. The molecule has 1 aliphatic heterocycles. The Kier molecular flexibility index (Phi) is 7.03. The van der Waals surface area contributed by atoms with Crippen LogP contribution in [0.2, 0.25) is 5.02 Å². The molecule has 1 aliphatic rings. The number of halogens is 2. The SMILES string of the molecule is CC(C)Cc1ncc2c(n1)CN(C(=O)CN(CCO)c1ccc(F)c(Cl)c1)CC2. The molecule has 1 aromatic heterocycles. The molecule has 0 spiro atoms. The van der Waals surface area contributed by atoms with Crippen LogP contribution in [0.3, 0.4) is 0 Å². The van der Waals surface area contributed by atoms with Gasteiger partial charge in [-0.2, -0.15) is 0 Å². The molecule has 2 aromatic rings. The van der Waals surface area contributed by atoms with E-state index in [1.54, 1.807) is 15.9 Å². The van der Waals surface area contributed by atoms with Gasteiger partial charge in [-0.25, -0.2) is 14.4 Å². The van der Waals surface area contributed by atoms with E-state index in [4.69, 9.17) is 11.6 Å². The minimum atomic E-state index is -0.518. The number of aliphatic hydroxyl groups excluding tert-OH is 1. The molecular weight excluding hydrogens is 395 g/mol. The van der Waals surface area contributed by atoms with E-state index in [1.165, 1.54) is 12.1 Å². The summed E-state index contributed by atoms with van der Waals surface area (Å²) in [4.78, 5) is 25.5. The Hall–Kier alpha value is -2.25. The minimum Gasteiger partial charge on any atom is -0.395 e. The van der Waals surface area contributed by atoms with Gasteiger partial charge in [0.05, 0.1) is 30.4 Å². The maximum Gasteiger partial charge on any atom is 0.242 e. The van der Waals surface area contributed by atoms with Crippen LogP contribution in [0, 0.1) is 11.7 Å². The molecule has 0 fully saturated rings. The highest BCUT2D eigenvalue weighted by molar-refractivity contribution is 6.31. The molecule has 1 aromatic carbocycles. The summed E-state index contributed by atoms with van der Waals surface area (Å²) in [6.45, 7) is 5.47. The lowest BCUT2D eigenvalue weighted by atomic mass is 10.1. The first kappa shape index (κ1) is 21.5. The van der Waals surface area contributed by atoms with E-state index in [0.29, 0.717) is 31.1 Å². The number of benzene rings is 1. The molecule has 1 N–H and O–H groups in total. The smallest absolute Gasteiger partial charge is 0.242 e. The second-order valence-corrected chi connectivity index (χ2v) is 8.07. The molecule has 3 rings (SSSR count). The van der Waals surface area contributed by atoms with Crippen molar-refractivity contribution in [1.82, 2.24) is 14.9 Å². The van der Waals surface area contributed by atoms with Crippen molar-refractivity contribution in [3.8, 4) is 0 Å². The maximum absolute atomic E-state index is 13.5. The predicted octanol–water partition coefficient (Wildman–Crippen LogP) is 2.85. The standard InChI is InChI=1S/C21H26ClFN4O2/c1-14(2)9-20-24-11-15-5-6-27(12-19(15)25-20)21(29)13-26(7-8-28)16-3-4-18(23)17(22)10-16/h3-4,10-11,14,28H,5-9,12-13H2,1-2H3. The summed E-state index contributed by atoms with van der Waals surface area (Å²) in [5, 5.41) is 9.37. The van der Waals surface area contributed by atoms with E-state index in [1.807, 2.05) is 6.20 Å². The Labute approximate surface area is 175 Å². The number of anilines is 1. The van der Waals surface area contributed by atoms with Gasteiger partial charge in [0.2, 0.25) is 5.91 Å². The van der Waals surface area contributed by atoms with Crippen LogP contribution in [-0.2, 0) is 24.2 Å². The van der Waals surface area contributed by atoms with E-state index >= 15 is 0 Å². The van der Waals surface area contributed by atoms with Gasteiger partial charge in [0.25, 0.3) is 0 Å². The Morgan fingerprint density at radius 1 is 1.41 bits per heavy atom. The summed E-state index contributed by atoms with van der Waals surface area (Å²) in [7, 11) is 0. The number of rotatable bonds is 7. The van der Waals surface area contributed by atoms with E-state index in [0.717, 1.165) is 23.5 Å². The first-order valence-electron chi connectivity index (χ1n) is 9.79.